The summed E-state index contributed by atoms with van der Waals surface area (Å²) in [5, 5.41) is 0. The second-order valence-corrected chi connectivity index (χ2v) is 5.86. The minimum atomic E-state index is -0.225. The van der Waals surface area contributed by atoms with Crippen LogP contribution < -0.4 is 4.74 Å². The second-order valence-electron chi connectivity index (χ2n) is 5.86. The standard InChI is InChI=1S/C18H19NO/c1-12-13(2)19-10-8-16(12)14-5-6-17-15(11-14)7-9-18(3,4)20-17/h5-11H,1-4H3. The highest BCUT2D eigenvalue weighted by Crippen LogP contribution is 2.34. The van der Waals surface area contributed by atoms with Gasteiger partial charge in [0, 0.05) is 17.5 Å². The molecule has 0 N–H and O–H groups in total. The number of aromatic nitrogens is 1. The minimum Gasteiger partial charge on any atom is -0.483 e. The number of hydrogen-bond donors (Lipinski definition) is 0. The van der Waals surface area contributed by atoms with E-state index >= 15 is 0 Å². The zero-order valence-corrected chi connectivity index (χ0v) is 12.4. The molecule has 1 aliphatic rings. The third-order valence-electron chi connectivity index (χ3n) is 3.81. The Hall–Kier alpha value is -2.09. The smallest absolute Gasteiger partial charge is 0.127 e. The molecule has 0 amide bonds. The van der Waals surface area contributed by atoms with E-state index in [1.165, 1.54) is 16.7 Å². The van der Waals surface area contributed by atoms with E-state index in [9.17, 15) is 0 Å². The van der Waals surface area contributed by atoms with Crippen molar-refractivity contribution in [1.82, 2.24) is 4.98 Å². The zero-order valence-electron chi connectivity index (χ0n) is 12.4. The Bertz CT molecular complexity index is 699. The van der Waals surface area contributed by atoms with Crippen LogP contribution in [0.25, 0.3) is 17.2 Å². The molecule has 1 aromatic heterocycles. The summed E-state index contributed by atoms with van der Waals surface area (Å²) in [4.78, 5) is 4.33. The molecular weight excluding hydrogens is 246 g/mol. The molecule has 0 bridgehead atoms. The fourth-order valence-corrected chi connectivity index (χ4v) is 2.50. The third kappa shape index (κ3) is 2.22. The van der Waals surface area contributed by atoms with Gasteiger partial charge in [-0.1, -0.05) is 12.1 Å². The monoisotopic (exact) mass is 265 g/mol. The first-order chi connectivity index (χ1) is 9.46. The Morgan fingerprint density at radius 2 is 1.90 bits per heavy atom. The Balaban J connectivity index is 2.08. The lowest BCUT2D eigenvalue weighted by molar-refractivity contribution is 0.159. The van der Waals surface area contributed by atoms with Gasteiger partial charge in [-0.25, -0.2) is 0 Å². The molecule has 0 spiro atoms. The van der Waals surface area contributed by atoms with E-state index in [-0.39, 0.29) is 5.60 Å². The number of hydrogen-bond acceptors (Lipinski definition) is 2. The molecule has 0 saturated heterocycles. The molecule has 1 aromatic carbocycles. The maximum Gasteiger partial charge on any atom is 0.127 e. The van der Waals surface area contributed by atoms with Crippen LogP contribution in [0.4, 0.5) is 0 Å². The van der Waals surface area contributed by atoms with Gasteiger partial charge in [0.25, 0.3) is 0 Å². The van der Waals surface area contributed by atoms with E-state index < -0.39 is 0 Å². The summed E-state index contributed by atoms with van der Waals surface area (Å²) in [6.07, 6.45) is 6.11. The van der Waals surface area contributed by atoms with Gasteiger partial charge in [0.2, 0.25) is 0 Å². The van der Waals surface area contributed by atoms with Crippen LogP contribution in [0.2, 0.25) is 0 Å². The van der Waals surface area contributed by atoms with Crippen LogP contribution in [0.3, 0.4) is 0 Å². The van der Waals surface area contributed by atoms with Crippen LogP contribution >= 0.6 is 0 Å². The summed E-state index contributed by atoms with van der Waals surface area (Å²) >= 11 is 0. The molecule has 102 valence electrons. The number of aryl methyl sites for hydroxylation is 1. The molecule has 1 aliphatic heterocycles. The van der Waals surface area contributed by atoms with Gasteiger partial charge >= 0.3 is 0 Å². The van der Waals surface area contributed by atoms with E-state index in [1.54, 1.807) is 0 Å². The third-order valence-corrected chi connectivity index (χ3v) is 3.81. The quantitative estimate of drug-likeness (QED) is 0.754. The summed E-state index contributed by atoms with van der Waals surface area (Å²) in [5.41, 5.74) is 5.66. The van der Waals surface area contributed by atoms with Crippen molar-refractivity contribution in [3.05, 3.63) is 53.4 Å². The molecule has 0 saturated carbocycles. The predicted octanol–water partition coefficient (Wildman–Crippen LogP) is 4.55. The van der Waals surface area contributed by atoms with Crippen molar-refractivity contribution in [1.29, 1.82) is 0 Å². The summed E-state index contributed by atoms with van der Waals surface area (Å²) in [5.74, 6) is 0.949. The average molecular weight is 265 g/mol. The largest absolute Gasteiger partial charge is 0.483 e. The van der Waals surface area contributed by atoms with Gasteiger partial charge in [0.1, 0.15) is 11.4 Å². The highest BCUT2D eigenvalue weighted by molar-refractivity contribution is 5.73. The molecule has 20 heavy (non-hydrogen) atoms. The summed E-state index contributed by atoms with van der Waals surface area (Å²) in [6.45, 7) is 8.29. The number of benzene rings is 1. The first kappa shape index (κ1) is 12.9. The van der Waals surface area contributed by atoms with Gasteiger partial charge in [0.05, 0.1) is 0 Å². The molecule has 0 radical (unpaired) electrons. The van der Waals surface area contributed by atoms with Gasteiger partial charge in [0.15, 0.2) is 0 Å². The first-order valence-corrected chi connectivity index (χ1v) is 6.91. The minimum absolute atomic E-state index is 0.225. The lowest BCUT2D eigenvalue weighted by Gasteiger charge is -2.28. The van der Waals surface area contributed by atoms with Crippen molar-refractivity contribution in [2.75, 3.05) is 0 Å². The van der Waals surface area contributed by atoms with Gasteiger partial charge in [-0.2, -0.15) is 0 Å². The molecule has 2 aromatic rings. The lowest BCUT2D eigenvalue weighted by atomic mass is 9.96. The van der Waals surface area contributed by atoms with Crippen LogP contribution in [-0.4, -0.2) is 10.6 Å². The van der Waals surface area contributed by atoms with Crippen LogP contribution in [0.1, 0.15) is 30.7 Å². The van der Waals surface area contributed by atoms with Crippen molar-refractivity contribution in [2.45, 2.75) is 33.3 Å². The van der Waals surface area contributed by atoms with Crippen LogP contribution in [0, 0.1) is 13.8 Å². The Morgan fingerprint density at radius 1 is 1.10 bits per heavy atom. The Labute approximate surface area is 120 Å². The molecule has 0 atom stereocenters. The molecular formula is C18H19NO. The molecule has 0 fully saturated rings. The maximum absolute atomic E-state index is 5.96. The lowest BCUT2D eigenvalue weighted by Crippen LogP contribution is -2.27. The summed E-state index contributed by atoms with van der Waals surface area (Å²) in [7, 11) is 0. The van der Waals surface area contributed by atoms with E-state index in [1.807, 2.05) is 13.1 Å². The second kappa shape index (κ2) is 4.48. The fourth-order valence-electron chi connectivity index (χ4n) is 2.50. The van der Waals surface area contributed by atoms with Crippen LogP contribution in [-0.2, 0) is 0 Å². The van der Waals surface area contributed by atoms with Crippen molar-refractivity contribution < 1.29 is 4.74 Å². The number of fused-ring (bicyclic) bond motifs is 1. The van der Waals surface area contributed by atoms with Gasteiger partial charge in [-0.05, 0) is 68.7 Å². The number of nitrogens with zero attached hydrogens (tertiary/aromatic N) is 1. The number of rotatable bonds is 1. The molecule has 0 unspecified atom stereocenters. The fraction of sp³-hybridized carbons (Fsp3) is 0.278. The number of pyridine rings is 1. The first-order valence-electron chi connectivity index (χ1n) is 6.91. The summed E-state index contributed by atoms with van der Waals surface area (Å²) < 4.78 is 5.96. The molecule has 3 rings (SSSR count). The van der Waals surface area contributed by atoms with Crippen molar-refractivity contribution >= 4 is 6.08 Å². The highest BCUT2D eigenvalue weighted by atomic mass is 16.5. The zero-order chi connectivity index (χ0) is 14.3. The van der Waals surface area contributed by atoms with E-state index in [4.69, 9.17) is 4.74 Å². The predicted molar refractivity (Wildman–Crippen MR) is 82.9 cm³/mol. The van der Waals surface area contributed by atoms with Crippen molar-refractivity contribution in [3.8, 4) is 16.9 Å². The van der Waals surface area contributed by atoms with Gasteiger partial charge in [-0.3, -0.25) is 4.98 Å². The number of ether oxygens (including phenoxy) is 1. The van der Waals surface area contributed by atoms with Crippen molar-refractivity contribution in [2.24, 2.45) is 0 Å². The van der Waals surface area contributed by atoms with Gasteiger partial charge < -0.3 is 4.74 Å². The molecule has 0 aliphatic carbocycles. The molecule has 2 heteroatoms. The maximum atomic E-state index is 5.96. The van der Waals surface area contributed by atoms with E-state index in [0.717, 1.165) is 17.0 Å². The summed E-state index contributed by atoms with van der Waals surface area (Å²) in [6, 6.07) is 8.44. The van der Waals surface area contributed by atoms with E-state index in [0.29, 0.717) is 0 Å². The topological polar surface area (TPSA) is 22.1 Å². The van der Waals surface area contributed by atoms with Crippen molar-refractivity contribution in [3.63, 3.8) is 0 Å². The Morgan fingerprint density at radius 3 is 2.70 bits per heavy atom. The van der Waals surface area contributed by atoms with Crippen LogP contribution in [0.5, 0.6) is 5.75 Å². The molecule has 2 nitrogen and oxygen atoms in total. The molecule has 2 heterocycles. The van der Waals surface area contributed by atoms with Gasteiger partial charge in [-0.15, -0.1) is 0 Å². The van der Waals surface area contributed by atoms with E-state index in [2.05, 4.69) is 62.2 Å². The average Bonchev–Trinajstić information content (AvgIpc) is 2.40. The SMILES string of the molecule is Cc1nccc(-c2ccc3c(c2)C=CC(C)(C)O3)c1C. The van der Waals surface area contributed by atoms with Crippen LogP contribution in [0.15, 0.2) is 36.5 Å². The normalized spacial score (nSPS) is 15.6. The Kier molecular flexibility index (Phi) is 2.89. The highest BCUT2D eigenvalue weighted by Gasteiger charge is 2.21.